The average Bonchev–Trinajstić information content (AvgIpc) is 2.50. The van der Waals surface area contributed by atoms with Gasteiger partial charge in [-0.05, 0) is 49.7 Å². The van der Waals surface area contributed by atoms with Crippen LogP contribution in [0, 0.1) is 6.92 Å². The van der Waals surface area contributed by atoms with Gasteiger partial charge in [0.1, 0.15) is 5.75 Å². The standard InChI is InChI=1S/C18H21NO2/c1-3-4-13-21-17-11-7-15(8-12-17)18(20)19-16-9-5-14(2)6-10-16/h5-12H,3-4,13H2,1-2H3,(H,19,20). The number of aryl methyl sites for hydroxylation is 1. The Kier molecular flexibility index (Phi) is 5.38. The van der Waals surface area contributed by atoms with Crippen LogP contribution in [-0.2, 0) is 0 Å². The molecule has 3 nitrogen and oxygen atoms in total. The molecule has 110 valence electrons. The summed E-state index contributed by atoms with van der Waals surface area (Å²) in [5.74, 6) is 0.689. The Morgan fingerprint density at radius 2 is 1.71 bits per heavy atom. The number of carbonyl (C=O) groups excluding carboxylic acids is 1. The van der Waals surface area contributed by atoms with Gasteiger partial charge in [0.25, 0.3) is 5.91 Å². The predicted octanol–water partition coefficient (Wildman–Crippen LogP) is 4.43. The van der Waals surface area contributed by atoms with E-state index in [2.05, 4.69) is 12.2 Å². The van der Waals surface area contributed by atoms with Gasteiger partial charge in [-0.1, -0.05) is 31.0 Å². The summed E-state index contributed by atoms with van der Waals surface area (Å²) in [6.07, 6.45) is 2.15. The van der Waals surface area contributed by atoms with Crippen molar-refractivity contribution >= 4 is 11.6 Å². The van der Waals surface area contributed by atoms with Gasteiger partial charge in [-0.3, -0.25) is 4.79 Å². The van der Waals surface area contributed by atoms with Gasteiger partial charge in [0, 0.05) is 11.3 Å². The highest BCUT2D eigenvalue weighted by Crippen LogP contribution is 2.15. The maximum atomic E-state index is 12.1. The van der Waals surface area contributed by atoms with Crippen molar-refractivity contribution in [2.24, 2.45) is 0 Å². The van der Waals surface area contributed by atoms with Crippen LogP contribution in [0.5, 0.6) is 5.75 Å². The molecule has 21 heavy (non-hydrogen) atoms. The quantitative estimate of drug-likeness (QED) is 0.797. The third-order valence-corrected chi connectivity index (χ3v) is 3.19. The zero-order valence-corrected chi connectivity index (χ0v) is 12.6. The summed E-state index contributed by atoms with van der Waals surface area (Å²) in [7, 11) is 0. The summed E-state index contributed by atoms with van der Waals surface area (Å²) in [6, 6.07) is 15.0. The summed E-state index contributed by atoms with van der Waals surface area (Å²) < 4.78 is 5.58. The molecule has 0 aliphatic carbocycles. The van der Waals surface area contributed by atoms with Gasteiger partial charge < -0.3 is 10.1 Å². The molecule has 0 saturated carbocycles. The Balaban J connectivity index is 1.94. The normalized spacial score (nSPS) is 10.2. The first-order chi connectivity index (χ1) is 10.2. The van der Waals surface area contributed by atoms with Crippen LogP contribution in [0.2, 0.25) is 0 Å². The van der Waals surface area contributed by atoms with E-state index >= 15 is 0 Å². The summed E-state index contributed by atoms with van der Waals surface area (Å²) in [5, 5.41) is 2.88. The molecule has 0 unspecified atom stereocenters. The van der Waals surface area contributed by atoms with Crippen LogP contribution in [0.4, 0.5) is 5.69 Å². The average molecular weight is 283 g/mol. The number of nitrogens with one attached hydrogen (secondary N) is 1. The number of unbranched alkanes of at least 4 members (excludes halogenated alkanes) is 1. The Morgan fingerprint density at radius 1 is 1.05 bits per heavy atom. The fourth-order valence-corrected chi connectivity index (χ4v) is 1.88. The van der Waals surface area contributed by atoms with E-state index in [-0.39, 0.29) is 5.91 Å². The van der Waals surface area contributed by atoms with Crippen LogP contribution in [0.25, 0.3) is 0 Å². The van der Waals surface area contributed by atoms with Crippen LogP contribution in [-0.4, -0.2) is 12.5 Å². The second-order valence-electron chi connectivity index (χ2n) is 5.05. The van der Waals surface area contributed by atoms with E-state index < -0.39 is 0 Å². The summed E-state index contributed by atoms with van der Waals surface area (Å²) in [4.78, 5) is 12.1. The van der Waals surface area contributed by atoms with Gasteiger partial charge in [0.2, 0.25) is 0 Å². The van der Waals surface area contributed by atoms with Crippen LogP contribution < -0.4 is 10.1 Å². The Labute approximate surface area is 126 Å². The van der Waals surface area contributed by atoms with Gasteiger partial charge in [0.05, 0.1) is 6.61 Å². The van der Waals surface area contributed by atoms with Crippen molar-refractivity contribution in [2.75, 3.05) is 11.9 Å². The zero-order chi connectivity index (χ0) is 15.1. The monoisotopic (exact) mass is 283 g/mol. The van der Waals surface area contributed by atoms with Gasteiger partial charge in [0.15, 0.2) is 0 Å². The number of hydrogen-bond donors (Lipinski definition) is 1. The third kappa shape index (κ3) is 4.63. The van der Waals surface area contributed by atoms with Crippen molar-refractivity contribution in [3.8, 4) is 5.75 Å². The van der Waals surface area contributed by atoms with Crippen molar-refractivity contribution < 1.29 is 9.53 Å². The molecule has 0 spiro atoms. The first kappa shape index (κ1) is 15.1. The smallest absolute Gasteiger partial charge is 0.255 e. The molecule has 0 atom stereocenters. The highest BCUT2D eigenvalue weighted by molar-refractivity contribution is 6.04. The minimum atomic E-state index is -0.112. The second-order valence-corrected chi connectivity index (χ2v) is 5.05. The van der Waals surface area contributed by atoms with Crippen molar-refractivity contribution in [2.45, 2.75) is 26.7 Å². The SMILES string of the molecule is CCCCOc1ccc(C(=O)Nc2ccc(C)cc2)cc1. The highest BCUT2D eigenvalue weighted by Gasteiger charge is 2.06. The van der Waals surface area contributed by atoms with Crippen molar-refractivity contribution in [3.05, 3.63) is 59.7 Å². The molecule has 0 fully saturated rings. The first-order valence-corrected chi connectivity index (χ1v) is 7.30. The largest absolute Gasteiger partial charge is 0.494 e. The molecule has 3 heteroatoms. The molecule has 1 N–H and O–H groups in total. The molecule has 1 amide bonds. The molecule has 0 radical (unpaired) electrons. The number of anilines is 1. The molecule has 2 aromatic rings. The molecular formula is C18H21NO2. The topological polar surface area (TPSA) is 38.3 Å². The Hall–Kier alpha value is -2.29. The lowest BCUT2D eigenvalue weighted by atomic mass is 10.2. The van der Waals surface area contributed by atoms with E-state index in [9.17, 15) is 4.79 Å². The second kappa shape index (κ2) is 7.48. The molecule has 2 rings (SSSR count). The number of ether oxygens (including phenoxy) is 1. The van der Waals surface area contributed by atoms with Gasteiger partial charge in [-0.15, -0.1) is 0 Å². The number of carbonyl (C=O) groups is 1. The Bertz CT molecular complexity index is 573. The summed E-state index contributed by atoms with van der Waals surface area (Å²) in [6.45, 7) is 4.86. The summed E-state index contributed by atoms with van der Waals surface area (Å²) >= 11 is 0. The number of hydrogen-bond acceptors (Lipinski definition) is 2. The molecule has 0 bridgehead atoms. The summed E-state index contributed by atoms with van der Waals surface area (Å²) in [5.41, 5.74) is 2.59. The highest BCUT2D eigenvalue weighted by atomic mass is 16.5. The van der Waals surface area contributed by atoms with Crippen LogP contribution in [0.1, 0.15) is 35.7 Å². The number of benzene rings is 2. The fraction of sp³-hybridized carbons (Fsp3) is 0.278. The van der Waals surface area contributed by atoms with E-state index in [0.717, 1.165) is 24.3 Å². The minimum absolute atomic E-state index is 0.112. The molecular weight excluding hydrogens is 262 g/mol. The zero-order valence-electron chi connectivity index (χ0n) is 12.6. The number of rotatable bonds is 6. The molecule has 0 aliphatic heterocycles. The van der Waals surface area contributed by atoms with Crippen molar-refractivity contribution in [3.63, 3.8) is 0 Å². The lowest BCUT2D eigenvalue weighted by molar-refractivity contribution is 0.102. The van der Waals surface area contributed by atoms with Crippen molar-refractivity contribution in [1.29, 1.82) is 0 Å². The van der Waals surface area contributed by atoms with E-state index in [1.54, 1.807) is 12.1 Å². The van der Waals surface area contributed by atoms with Crippen LogP contribution in [0.3, 0.4) is 0 Å². The third-order valence-electron chi connectivity index (χ3n) is 3.19. The molecule has 0 aliphatic rings. The maximum absolute atomic E-state index is 12.1. The minimum Gasteiger partial charge on any atom is -0.494 e. The Morgan fingerprint density at radius 3 is 2.33 bits per heavy atom. The van der Waals surface area contributed by atoms with Crippen LogP contribution in [0.15, 0.2) is 48.5 Å². The predicted molar refractivity (Wildman–Crippen MR) is 86.0 cm³/mol. The lowest BCUT2D eigenvalue weighted by Crippen LogP contribution is -2.11. The molecule has 0 saturated heterocycles. The fourth-order valence-electron chi connectivity index (χ4n) is 1.88. The van der Waals surface area contributed by atoms with Crippen molar-refractivity contribution in [1.82, 2.24) is 0 Å². The molecule has 0 heterocycles. The molecule has 2 aromatic carbocycles. The van der Waals surface area contributed by atoms with E-state index in [1.165, 1.54) is 5.56 Å². The van der Waals surface area contributed by atoms with Crippen LogP contribution >= 0.6 is 0 Å². The van der Waals surface area contributed by atoms with Gasteiger partial charge >= 0.3 is 0 Å². The van der Waals surface area contributed by atoms with Gasteiger partial charge in [-0.25, -0.2) is 0 Å². The van der Waals surface area contributed by atoms with Gasteiger partial charge in [-0.2, -0.15) is 0 Å². The van der Waals surface area contributed by atoms with E-state index in [4.69, 9.17) is 4.74 Å². The first-order valence-electron chi connectivity index (χ1n) is 7.30. The lowest BCUT2D eigenvalue weighted by Gasteiger charge is -2.08. The van der Waals surface area contributed by atoms with E-state index in [0.29, 0.717) is 12.2 Å². The molecule has 0 aromatic heterocycles. The van der Waals surface area contributed by atoms with E-state index in [1.807, 2.05) is 43.3 Å². The maximum Gasteiger partial charge on any atom is 0.255 e. The number of amides is 1.